The van der Waals surface area contributed by atoms with Gasteiger partial charge in [0.15, 0.2) is 0 Å². The molecule has 3 nitrogen and oxygen atoms in total. The molecule has 1 aliphatic carbocycles. The Labute approximate surface area is 128 Å². The fraction of sp³-hybridized carbons (Fsp3) is 0.611. The van der Waals surface area contributed by atoms with Gasteiger partial charge in [-0.1, -0.05) is 44.4 Å². The molecule has 1 fully saturated rings. The van der Waals surface area contributed by atoms with E-state index in [0.29, 0.717) is 11.6 Å². The highest BCUT2D eigenvalue weighted by atomic mass is 16.4. The highest BCUT2D eigenvalue weighted by Crippen LogP contribution is 2.30. The van der Waals surface area contributed by atoms with Gasteiger partial charge in [-0.25, -0.2) is 4.79 Å². The maximum absolute atomic E-state index is 11.3. The van der Waals surface area contributed by atoms with Gasteiger partial charge >= 0.3 is 5.97 Å². The molecule has 2 rings (SSSR count). The van der Waals surface area contributed by atoms with Gasteiger partial charge in [0.2, 0.25) is 0 Å². The third kappa shape index (κ3) is 4.07. The molecule has 0 amide bonds. The van der Waals surface area contributed by atoms with Gasteiger partial charge < -0.3 is 10.0 Å². The molecule has 1 aliphatic rings. The minimum absolute atomic E-state index is 0.446. The molecular formula is C18H27NO2. The molecular weight excluding hydrogens is 262 g/mol. The fourth-order valence-corrected chi connectivity index (χ4v) is 3.65. The van der Waals surface area contributed by atoms with Crippen molar-refractivity contribution < 1.29 is 9.90 Å². The van der Waals surface area contributed by atoms with E-state index in [0.717, 1.165) is 24.4 Å². The molecule has 0 aliphatic heterocycles. The lowest BCUT2D eigenvalue weighted by Crippen LogP contribution is -2.40. The van der Waals surface area contributed by atoms with Crippen molar-refractivity contribution in [2.75, 3.05) is 13.6 Å². The molecule has 0 radical (unpaired) electrons. The molecule has 1 aromatic rings. The molecule has 0 aromatic heterocycles. The number of hydrogen-bond donors (Lipinski definition) is 1. The number of hydrogen-bond acceptors (Lipinski definition) is 2. The van der Waals surface area contributed by atoms with E-state index >= 15 is 0 Å². The Kier molecular flexibility index (Phi) is 5.80. The zero-order valence-electron chi connectivity index (χ0n) is 13.2. The van der Waals surface area contributed by atoms with Crippen molar-refractivity contribution in [3.63, 3.8) is 0 Å². The number of carboxylic acids is 1. The lowest BCUT2D eigenvalue weighted by Gasteiger charge is -2.37. The SMILES string of the molecule is CCC1CCCCC1N(C)CCc1ccccc1C(=O)O. The highest BCUT2D eigenvalue weighted by molar-refractivity contribution is 5.89. The first-order chi connectivity index (χ1) is 10.1. The Hall–Kier alpha value is -1.35. The van der Waals surface area contributed by atoms with E-state index in [-0.39, 0.29) is 0 Å². The number of benzene rings is 1. The molecule has 0 spiro atoms. The summed E-state index contributed by atoms with van der Waals surface area (Å²) in [6, 6.07) is 8.03. The first kappa shape index (κ1) is 16.0. The lowest BCUT2D eigenvalue weighted by molar-refractivity contribution is 0.0695. The van der Waals surface area contributed by atoms with Crippen LogP contribution in [0.3, 0.4) is 0 Å². The van der Waals surface area contributed by atoms with Gasteiger partial charge in [-0.3, -0.25) is 0 Å². The van der Waals surface area contributed by atoms with Gasteiger partial charge in [0.05, 0.1) is 5.56 Å². The van der Waals surface area contributed by atoms with Gasteiger partial charge in [-0.05, 0) is 43.9 Å². The molecule has 0 heterocycles. The van der Waals surface area contributed by atoms with Crippen LogP contribution >= 0.6 is 0 Å². The second-order valence-electron chi connectivity index (χ2n) is 6.21. The van der Waals surface area contributed by atoms with Crippen molar-refractivity contribution >= 4 is 5.97 Å². The number of carbonyl (C=O) groups is 1. The maximum atomic E-state index is 11.3. The number of nitrogens with zero attached hydrogens (tertiary/aromatic N) is 1. The van der Waals surface area contributed by atoms with Crippen LogP contribution in [0, 0.1) is 5.92 Å². The van der Waals surface area contributed by atoms with Gasteiger partial charge in [0, 0.05) is 12.6 Å². The van der Waals surface area contributed by atoms with E-state index in [1.807, 2.05) is 12.1 Å². The predicted molar refractivity (Wildman–Crippen MR) is 85.8 cm³/mol. The minimum Gasteiger partial charge on any atom is -0.478 e. The first-order valence-corrected chi connectivity index (χ1v) is 8.15. The van der Waals surface area contributed by atoms with Crippen LogP contribution in [0.25, 0.3) is 0 Å². The van der Waals surface area contributed by atoms with Crippen molar-refractivity contribution in [2.45, 2.75) is 51.5 Å². The first-order valence-electron chi connectivity index (χ1n) is 8.15. The van der Waals surface area contributed by atoms with Crippen LogP contribution in [-0.4, -0.2) is 35.6 Å². The van der Waals surface area contributed by atoms with Crippen LogP contribution in [0.1, 0.15) is 54.9 Å². The van der Waals surface area contributed by atoms with E-state index in [9.17, 15) is 9.90 Å². The predicted octanol–water partition coefficient (Wildman–Crippen LogP) is 3.83. The van der Waals surface area contributed by atoms with Crippen molar-refractivity contribution in [1.82, 2.24) is 4.90 Å². The van der Waals surface area contributed by atoms with E-state index in [4.69, 9.17) is 0 Å². The van der Waals surface area contributed by atoms with Gasteiger partial charge in [0.25, 0.3) is 0 Å². The molecule has 2 unspecified atom stereocenters. The minimum atomic E-state index is -0.822. The number of rotatable bonds is 6. The molecule has 0 bridgehead atoms. The Bertz CT molecular complexity index is 472. The highest BCUT2D eigenvalue weighted by Gasteiger charge is 2.26. The summed E-state index contributed by atoms with van der Waals surface area (Å²) in [6.45, 7) is 3.22. The van der Waals surface area contributed by atoms with Crippen LogP contribution in [0.15, 0.2) is 24.3 Å². The third-order valence-corrected chi connectivity index (χ3v) is 4.94. The number of likely N-dealkylation sites (N-methyl/N-ethyl adjacent to an activating group) is 1. The van der Waals surface area contributed by atoms with E-state index < -0.39 is 5.97 Å². The summed E-state index contributed by atoms with van der Waals surface area (Å²) in [6.07, 6.45) is 7.39. The summed E-state index contributed by atoms with van der Waals surface area (Å²) in [5, 5.41) is 9.25. The largest absolute Gasteiger partial charge is 0.478 e. The standard InChI is InChI=1S/C18H27NO2/c1-3-14-8-5-7-11-17(14)19(2)13-12-15-9-4-6-10-16(15)18(20)21/h4,6,9-10,14,17H,3,5,7-8,11-13H2,1-2H3,(H,20,21). The van der Waals surface area contributed by atoms with E-state index in [1.165, 1.54) is 32.1 Å². The molecule has 1 aromatic carbocycles. The molecule has 1 saturated carbocycles. The monoisotopic (exact) mass is 289 g/mol. The third-order valence-electron chi connectivity index (χ3n) is 4.94. The molecule has 2 atom stereocenters. The summed E-state index contributed by atoms with van der Waals surface area (Å²) < 4.78 is 0. The summed E-state index contributed by atoms with van der Waals surface area (Å²) in [4.78, 5) is 13.7. The van der Waals surface area contributed by atoms with Crippen molar-refractivity contribution in [3.8, 4) is 0 Å². The maximum Gasteiger partial charge on any atom is 0.335 e. The fourth-order valence-electron chi connectivity index (χ4n) is 3.65. The average Bonchev–Trinajstić information content (AvgIpc) is 2.52. The van der Waals surface area contributed by atoms with Gasteiger partial charge in [-0.2, -0.15) is 0 Å². The molecule has 3 heteroatoms. The van der Waals surface area contributed by atoms with Crippen LogP contribution < -0.4 is 0 Å². The number of aromatic carboxylic acids is 1. The summed E-state index contributed by atoms with van der Waals surface area (Å²) >= 11 is 0. The zero-order valence-corrected chi connectivity index (χ0v) is 13.2. The molecule has 1 N–H and O–H groups in total. The quantitative estimate of drug-likeness (QED) is 0.865. The van der Waals surface area contributed by atoms with Crippen LogP contribution in [-0.2, 0) is 6.42 Å². The molecule has 116 valence electrons. The Morgan fingerprint density at radius 2 is 2.00 bits per heavy atom. The Balaban J connectivity index is 1.97. The summed E-state index contributed by atoms with van der Waals surface area (Å²) in [5.74, 6) is -0.0178. The van der Waals surface area contributed by atoms with Gasteiger partial charge in [-0.15, -0.1) is 0 Å². The average molecular weight is 289 g/mol. The molecule has 21 heavy (non-hydrogen) atoms. The Morgan fingerprint density at radius 3 is 2.71 bits per heavy atom. The number of carboxylic acid groups (broad SMARTS) is 1. The van der Waals surface area contributed by atoms with Crippen LogP contribution in [0.4, 0.5) is 0 Å². The lowest BCUT2D eigenvalue weighted by atomic mass is 9.82. The second kappa shape index (κ2) is 7.60. The van der Waals surface area contributed by atoms with E-state index in [1.54, 1.807) is 12.1 Å². The van der Waals surface area contributed by atoms with Crippen LogP contribution in [0.2, 0.25) is 0 Å². The Morgan fingerprint density at radius 1 is 1.29 bits per heavy atom. The van der Waals surface area contributed by atoms with Gasteiger partial charge in [0.1, 0.15) is 0 Å². The smallest absolute Gasteiger partial charge is 0.335 e. The summed E-state index contributed by atoms with van der Waals surface area (Å²) in [5.41, 5.74) is 1.39. The molecule has 0 saturated heterocycles. The van der Waals surface area contributed by atoms with Crippen LogP contribution in [0.5, 0.6) is 0 Å². The van der Waals surface area contributed by atoms with Crippen molar-refractivity contribution in [1.29, 1.82) is 0 Å². The summed E-state index contributed by atoms with van der Waals surface area (Å²) in [7, 11) is 2.20. The van der Waals surface area contributed by atoms with Crippen molar-refractivity contribution in [2.24, 2.45) is 5.92 Å². The van der Waals surface area contributed by atoms with Crippen molar-refractivity contribution in [3.05, 3.63) is 35.4 Å². The van der Waals surface area contributed by atoms with E-state index in [2.05, 4.69) is 18.9 Å². The second-order valence-corrected chi connectivity index (χ2v) is 6.21. The topological polar surface area (TPSA) is 40.5 Å². The zero-order chi connectivity index (χ0) is 15.2. The normalized spacial score (nSPS) is 22.4.